The molecule has 1 aliphatic heterocycles. The molecule has 0 spiro atoms. The molecule has 8 nitrogen and oxygen atoms in total. The van der Waals surface area contributed by atoms with Gasteiger partial charge in [0.2, 0.25) is 11.8 Å². The molecule has 1 aliphatic rings. The normalized spacial score (nSPS) is 18.8. The number of nitrogens with one attached hydrogen (secondary N) is 2. The summed E-state index contributed by atoms with van der Waals surface area (Å²) < 4.78 is 6.23. The third-order valence-corrected chi connectivity index (χ3v) is 8.11. The summed E-state index contributed by atoms with van der Waals surface area (Å²) >= 11 is 0. The van der Waals surface area contributed by atoms with Crippen LogP contribution in [-0.2, 0) is 33.8 Å². The van der Waals surface area contributed by atoms with Crippen molar-refractivity contribution in [3.05, 3.63) is 101 Å². The van der Waals surface area contributed by atoms with Crippen LogP contribution in [0.15, 0.2) is 79.1 Å². The average molecular weight is 601 g/mol. The van der Waals surface area contributed by atoms with Crippen LogP contribution in [0.4, 0.5) is 0 Å². The number of aliphatic hydroxyl groups excluding tert-OH is 1. The van der Waals surface area contributed by atoms with E-state index >= 15 is 0 Å². The summed E-state index contributed by atoms with van der Waals surface area (Å²) in [5.41, 5.74) is 3.97. The number of aryl methyl sites for hydroxylation is 2. The van der Waals surface area contributed by atoms with Gasteiger partial charge in [0.1, 0.15) is 0 Å². The number of pyridine rings is 1. The van der Waals surface area contributed by atoms with Crippen LogP contribution >= 0.6 is 0 Å². The molecule has 0 unspecified atom stereocenters. The lowest BCUT2D eigenvalue weighted by Gasteiger charge is -2.41. The molecule has 0 saturated carbocycles. The molecule has 2 aromatic carbocycles. The molecular formula is C36H48N4O4. The second-order valence-electron chi connectivity index (χ2n) is 12.9. The molecule has 0 bridgehead atoms. The zero-order valence-corrected chi connectivity index (χ0v) is 26.5. The number of rotatable bonds is 13. The minimum Gasteiger partial charge on any atom is -0.390 e. The molecular weight excluding hydrogens is 552 g/mol. The first-order valence-electron chi connectivity index (χ1n) is 15.7. The third kappa shape index (κ3) is 10.5. The van der Waals surface area contributed by atoms with Gasteiger partial charge in [-0.1, -0.05) is 54.6 Å². The molecule has 0 aliphatic carbocycles. The molecule has 8 heteroatoms. The van der Waals surface area contributed by atoms with Crippen LogP contribution in [0.25, 0.3) is 0 Å². The molecule has 1 saturated heterocycles. The maximum Gasteiger partial charge on any atom is 0.237 e. The number of hydrogen-bond acceptors (Lipinski definition) is 6. The van der Waals surface area contributed by atoms with Gasteiger partial charge in [-0.05, 0) is 87.8 Å². The van der Waals surface area contributed by atoms with Gasteiger partial charge in [0, 0.05) is 37.4 Å². The minimum absolute atomic E-state index is 0.0798. The summed E-state index contributed by atoms with van der Waals surface area (Å²) in [6.45, 7) is 9.26. The summed E-state index contributed by atoms with van der Waals surface area (Å²) in [6.07, 6.45) is 5.24. The molecule has 236 valence electrons. The van der Waals surface area contributed by atoms with E-state index < -0.39 is 23.7 Å². The first kappa shape index (κ1) is 33.3. The number of nitrogens with zero attached hydrogens (tertiary/aromatic N) is 2. The number of amides is 2. The predicted octanol–water partition coefficient (Wildman–Crippen LogP) is 4.38. The standard InChI is InChI=1S/C36H48N4O4/c1-26-10-8-9-13-29(26)14-15-34(42)38-31(22-27-11-6-5-7-12-27)33(41)24-40-21-18-30(44-25-28-16-19-37-20-17-28)23-32(40)35(43)39-36(2,3)4/h5-13,16-17,19-20,30-33,41H,14-15,18,21-25H2,1-4H3,(H,38,42)(H,39,43)/t30-,31+,32+,33-/m1/s1. The molecule has 44 heavy (non-hydrogen) atoms. The van der Waals surface area contributed by atoms with Crippen LogP contribution < -0.4 is 10.6 Å². The quantitative estimate of drug-likeness (QED) is 0.269. The van der Waals surface area contributed by atoms with Crippen molar-refractivity contribution in [3.63, 3.8) is 0 Å². The molecule has 3 aromatic rings. The number of likely N-dealkylation sites (tertiary alicyclic amines) is 1. The van der Waals surface area contributed by atoms with Crippen LogP contribution in [0.3, 0.4) is 0 Å². The fraction of sp³-hybridized carbons (Fsp3) is 0.472. The van der Waals surface area contributed by atoms with E-state index in [9.17, 15) is 14.7 Å². The Bertz CT molecular complexity index is 1330. The Kier molecular flexibility index (Phi) is 12.1. The van der Waals surface area contributed by atoms with Gasteiger partial charge in [-0.25, -0.2) is 0 Å². The van der Waals surface area contributed by atoms with Gasteiger partial charge in [0.25, 0.3) is 0 Å². The van der Waals surface area contributed by atoms with Crippen molar-refractivity contribution in [1.82, 2.24) is 20.5 Å². The highest BCUT2D eigenvalue weighted by Gasteiger charge is 2.37. The highest BCUT2D eigenvalue weighted by molar-refractivity contribution is 5.82. The van der Waals surface area contributed by atoms with E-state index in [2.05, 4.69) is 33.5 Å². The maximum atomic E-state index is 13.5. The maximum absolute atomic E-state index is 13.5. The van der Waals surface area contributed by atoms with E-state index in [4.69, 9.17) is 4.74 Å². The predicted molar refractivity (Wildman–Crippen MR) is 173 cm³/mol. The molecule has 4 atom stereocenters. The van der Waals surface area contributed by atoms with Crippen LogP contribution in [0.1, 0.15) is 62.3 Å². The number of aromatic nitrogens is 1. The zero-order chi connectivity index (χ0) is 31.5. The molecule has 2 heterocycles. The number of carbonyl (C=O) groups excluding carboxylic acids is 2. The Hall–Kier alpha value is -3.59. The minimum atomic E-state index is -0.878. The lowest BCUT2D eigenvalue weighted by atomic mass is 9.94. The lowest BCUT2D eigenvalue weighted by molar-refractivity contribution is -0.134. The SMILES string of the molecule is Cc1ccccc1CCC(=O)N[C@@H](Cc1ccccc1)[C@H](O)CN1CC[C@@H](OCc2ccncc2)C[C@H]1C(=O)NC(C)(C)C. The Morgan fingerprint density at radius 1 is 1.02 bits per heavy atom. The number of aliphatic hydroxyl groups is 1. The Morgan fingerprint density at radius 2 is 1.73 bits per heavy atom. The average Bonchev–Trinajstić information content (AvgIpc) is 3.00. The van der Waals surface area contributed by atoms with Crippen molar-refractivity contribution in [2.24, 2.45) is 0 Å². The molecule has 2 amide bonds. The van der Waals surface area contributed by atoms with Gasteiger partial charge in [0.15, 0.2) is 0 Å². The van der Waals surface area contributed by atoms with Crippen molar-refractivity contribution >= 4 is 11.8 Å². The van der Waals surface area contributed by atoms with Crippen molar-refractivity contribution in [3.8, 4) is 0 Å². The van der Waals surface area contributed by atoms with E-state index in [0.717, 1.165) is 28.7 Å². The fourth-order valence-electron chi connectivity index (χ4n) is 5.71. The van der Waals surface area contributed by atoms with Crippen LogP contribution in [-0.4, -0.2) is 69.7 Å². The van der Waals surface area contributed by atoms with Gasteiger partial charge < -0.3 is 20.5 Å². The van der Waals surface area contributed by atoms with E-state index in [1.807, 2.05) is 81.4 Å². The van der Waals surface area contributed by atoms with E-state index in [0.29, 0.717) is 38.8 Å². The first-order valence-corrected chi connectivity index (χ1v) is 15.7. The van der Waals surface area contributed by atoms with Crippen LogP contribution in [0.2, 0.25) is 0 Å². The van der Waals surface area contributed by atoms with Crippen molar-refractivity contribution in [2.45, 2.75) is 96.2 Å². The van der Waals surface area contributed by atoms with Crippen LogP contribution in [0.5, 0.6) is 0 Å². The summed E-state index contributed by atoms with van der Waals surface area (Å²) in [4.78, 5) is 32.8. The molecule has 3 N–H and O–H groups in total. The number of ether oxygens (including phenoxy) is 1. The number of piperidine rings is 1. The van der Waals surface area contributed by atoms with Gasteiger partial charge >= 0.3 is 0 Å². The monoisotopic (exact) mass is 600 g/mol. The summed E-state index contributed by atoms with van der Waals surface area (Å²) in [5, 5.41) is 17.9. The third-order valence-electron chi connectivity index (χ3n) is 8.11. The number of carbonyl (C=O) groups is 2. The highest BCUT2D eigenvalue weighted by Crippen LogP contribution is 2.23. The summed E-state index contributed by atoms with van der Waals surface area (Å²) in [5.74, 6) is -0.178. The summed E-state index contributed by atoms with van der Waals surface area (Å²) in [6, 6.07) is 20.9. The Balaban J connectivity index is 1.44. The van der Waals surface area contributed by atoms with Crippen molar-refractivity contribution in [1.29, 1.82) is 0 Å². The Labute approximate surface area is 262 Å². The number of hydrogen-bond donors (Lipinski definition) is 3. The summed E-state index contributed by atoms with van der Waals surface area (Å²) in [7, 11) is 0. The molecule has 4 rings (SSSR count). The number of β-amino-alcohol motifs (C(OH)–C–C–N with tert-alkyl or cyclic N) is 1. The van der Waals surface area contributed by atoms with Crippen LogP contribution in [0, 0.1) is 6.92 Å². The van der Waals surface area contributed by atoms with Gasteiger partial charge in [-0.3, -0.25) is 19.5 Å². The van der Waals surface area contributed by atoms with Gasteiger partial charge in [-0.15, -0.1) is 0 Å². The second kappa shape index (κ2) is 15.9. The van der Waals surface area contributed by atoms with Crippen molar-refractivity contribution < 1.29 is 19.4 Å². The first-order chi connectivity index (χ1) is 21.1. The smallest absolute Gasteiger partial charge is 0.237 e. The molecule has 1 fully saturated rings. The van der Waals surface area contributed by atoms with E-state index in [1.165, 1.54) is 0 Å². The van der Waals surface area contributed by atoms with E-state index in [1.54, 1.807) is 12.4 Å². The molecule has 1 aromatic heterocycles. The Morgan fingerprint density at radius 3 is 2.43 bits per heavy atom. The lowest BCUT2D eigenvalue weighted by Crippen LogP contribution is -2.59. The van der Waals surface area contributed by atoms with Gasteiger partial charge in [-0.2, -0.15) is 0 Å². The van der Waals surface area contributed by atoms with Crippen molar-refractivity contribution in [2.75, 3.05) is 13.1 Å². The largest absolute Gasteiger partial charge is 0.390 e. The highest BCUT2D eigenvalue weighted by atomic mass is 16.5. The zero-order valence-electron chi connectivity index (χ0n) is 26.5. The second-order valence-corrected chi connectivity index (χ2v) is 12.9. The van der Waals surface area contributed by atoms with Gasteiger partial charge in [0.05, 0.1) is 30.9 Å². The van der Waals surface area contributed by atoms with E-state index in [-0.39, 0.29) is 24.5 Å². The number of benzene rings is 2. The molecule has 0 radical (unpaired) electrons. The fourth-order valence-corrected chi connectivity index (χ4v) is 5.71. The topological polar surface area (TPSA) is 104 Å².